The van der Waals surface area contributed by atoms with Crippen molar-refractivity contribution in [1.29, 1.82) is 0 Å². The molecule has 204 valence electrons. The second kappa shape index (κ2) is 9.68. The van der Waals surface area contributed by atoms with Gasteiger partial charge in [0.05, 0.1) is 0 Å². The maximum Gasteiger partial charge on any atom is 0.403 e. The molecule has 0 spiro atoms. The van der Waals surface area contributed by atoms with Crippen molar-refractivity contribution in [2.75, 3.05) is 26.0 Å². The van der Waals surface area contributed by atoms with Gasteiger partial charge < -0.3 is 10.6 Å². The van der Waals surface area contributed by atoms with E-state index >= 15 is 0 Å². The minimum atomic E-state index is -5.06. The number of rotatable bonds is 7. The van der Waals surface area contributed by atoms with Crippen LogP contribution in [0.1, 0.15) is 48.6 Å². The summed E-state index contributed by atoms with van der Waals surface area (Å²) in [6.07, 6.45) is -5.06. The second-order valence-corrected chi connectivity index (χ2v) is 12.0. The number of anilines is 1. The number of halogens is 3. The lowest BCUT2D eigenvalue weighted by molar-refractivity contribution is -0.219. The molecule has 2 aromatic rings. The van der Waals surface area contributed by atoms with Crippen molar-refractivity contribution in [3.05, 3.63) is 41.2 Å². The van der Waals surface area contributed by atoms with Gasteiger partial charge in [0.2, 0.25) is 5.95 Å². The first-order valence-electron chi connectivity index (χ1n) is 11.2. The van der Waals surface area contributed by atoms with Crippen LogP contribution in [0.25, 0.3) is 0 Å². The van der Waals surface area contributed by atoms with E-state index in [1.54, 1.807) is 27.8 Å². The van der Waals surface area contributed by atoms with E-state index in [1.165, 1.54) is 4.90 Å². The smallest absolute Gasteiger partial charge is 0.339 e. The van der Waals surface area contributed by atoms with Gasteiger partial charge in [-0.1, -0.05) is 45.0 Å². The third kappa shape index (κ3) is 5.33. The normalized spacial score (nSPS) is 18.8. The molecule has 0 saturated carbocycles. The van der Waals surface area contributed by atoms with Gasteiger partial charge in [0.15, 0.2) is 11.7 Å². The van der Waals surface area contributed by atoms with Crippen LogP contribution in [0.4, 0.5) is 19.1 Å². The highest BCUT2D eigenvalue weighted by molar-refractivity contribution is 7.87. The number of nitrogens with zero attached hydrogens (tertiary/aromatic N) is 6. The number of β-lactam (4-membered cyclic amide) rings is 1. The molecule has 2 unspecified atom stereocenters. The van der Waals surface area contributed by atoms with Gasteiger partial charge in [-0.2, -0.15) is 35.6 Å². The number of benzene rings is 1. The van der Waals surface area contributed by atoms with E-state index in [-0.39, 0.29) is 16.8 Å². The van der Waals surface area contributed by atoms with Gasteiger partial charge in [-0.25, -0.2) is 4.31 Å². The topological polar surface area (TPSA) is 135 Å². The minimum Gasteiger partial charge on any atom is -0.339 e. The van der Waals surface area contributed by atoms with Crippen LogP contribution in [0.5, 0.6) is 0 Å². The fourth-order valence-electron chi connectivity index (χ4n) is 3.74. The molecule has 1 aromatic heterocycles. The summed E-state index contributed by atoms with van der Waals surface area (Å²) in [6, 6.07) is 5.18. The summed E-state index contributed by atoms with van der Waals surface area (Å²) in [5.41, 5.74) is 6.31. The number of hydrogen-bond donors (Lipinski definition) is 1. The Labute approximate surface area is 213 Å². The molecule has 2 N–H and O–H groups in total. The molecule has 2 heterocycles. The summed E-state index contributed by atoms with van der Waals surface area (Å²) in [5.74, 6) is -5.60. The van der Waals surface area contributed by atoms with Crippen molar-refractivity contribution >= 4 is 28.0 Å². The zero-order valence-corrected chi connectivity index (χ0v) is 22.1. The summed E-state index contributed by atoms with van der Waals surface area (Å²) in [7, 11) is -0.844. The van der Waals surface area contributed by atoms with Crippen molar-refractivity contribution in [2.45, 2.75) is 46.1 Å². The van der Waals surface area contributed by atoms with Crippen LogP contribution in [0.3, 0.4) is 0 Å². The monoisotopic (exact) mass is 545 g/mol. The highest BCUT2D eigenvalue weighted by atomic mass is 32.2. The van der Waals surface area contributed by atoms with Crippen LogP contribution in [-0.4, -0.2) is 70.9 Å². The molecule has 3 rings (SSSR count). The number of aromatic nitrogens is 3. The molecule has 2 atom stereocenters. The molecule has 1 amide bonds. The van der Waals surface area contributed by atoms with Gasteiger partial charge in [-0.15, -0.1) is 5.10 Å². The lowest BCUT2D eigenvalue weighted by atomic mass is 9.89. The zero-order valence-electron chi connectivity index (χ0n) is 21.3. The molecular formula is C22H30F3N7O4S. The summed E-state index contributed by atoms with van der Waals surface area (Å²) in [5, 5.41) is 4.03. The van der Waals surface area contributed by atoms with Crippen molar-refractivity contribution in [2.24, 2.45) is 17.1 Å². The second-order valence-electron chi connectivity index (χ2n) is 10.0. The first-order valence-corrected chi connectivity index (χ1v) is 12.6. The van der Waals surface area contributed by atoms with Gasteiger partial charge in [0.25, 0.3) is 11.8 Å². The summed E-state index contributed by atoms with van der Waals surface area (Å²) in [6.45, 7) is 5.34. The maximum absolute atomic E-state index is 13.8. The van der Waals surface area contributed by atoms with Crippen molar-refractivity contribution < 1.29 is 31.2 Å². The zero-order chi connectivity index (χ0) is 28.1. The first-order chi connectivity index (χ1) is 16.9. The van der Waals surface area contributed by atoms with Crippen molar-refractivity contribution in [1.82, 2.24) is 23.4 Å². The average Bonchev–Trinajstić information content (AvgIpc) is 3.19. The van der Waals surface area contributed by atoms with E-state index in [0.717, 1.165) is 29.9 Å². The Morgan fingerprint density at radius 1 is 1.08 bits per heavy atom. The Hall–Kier alpha value is -3.04. The number of carbonyl (C=O) groups excluding carboxylic acids is 2. The first kappa shape index (κ1) is 28.5. The van der Waals surface area contributed by atoms with Crippen LogP contribution in [0.2, 0.25) is 0 Å². The maximum atomic E-state index is 13.8. The third-order valence-electron chi connectivity index (χ3n) is 5.84. The number of hydrogen-bond acceptors (Lipinski definition) is 8. The van der Waals surface area contributed by atoms with E-state index in [9.17, 15) is 31.2 Å². The molecule has 0 bridgehead atoms. The summed E-state index contributed by atoms with van der Waals surface area (Å²) >= 11 is 0. The lowest BCUT2D eigenvalue weighted by Gasteiger charge is -2.45. The fourth-order valence-corrected chi connectivity index (χ4v) is 4.94. The average molecular weight is 546 g/mol. The van der Waals surface area contributed by atoms with Crippen LogP contribution in [0, 0.1) is 11.3 Å². The summed E-state index contributed by atoms with van der Waals surface area (Å²) < 4.78 is 68.4. The third-order valence-corrected chi connectivity index (χ3v) is 7.67. The molecule has 1 aliphatic heterocycles. The Kier molecular flexibility index (Phi) is 7.47. The van der Waals surface area contributed by atoms with Crippen LogP contribution >= 0.6 is 0 Å². The SMILES string of the molecule is CN(Cc1ccc(CN)cc1)c1nc(C2C(C(F)(F)F)C(=O)N2S(=O)(=O)N(C)C)nn1C(=O)C(C)(C)C. The number of alkyl halides is 3. The van der Waals surface area contributed by atoms with Crippen molar-refractivity contribution in [3.63, 3.8) is 0 Å². The molecule has 15 heteroatoms. The molecule has 1 aliphatic rings. The van der Waals surface area contributed by atoms with E-state index in [4.69, 9.17) is 5.73 Å². The predicted octanol–water partition coefficient (Wildman–Crippen LogP) is 1.93. The molecule has 1 fully saturated rings. The largest absolute Gasteiger partial charge is 0.403 e. The molecular weight excluding hydrogens is 515 g/mol. The standard InChI is InChI=1S/C22H30F3N7O4S/c1-21(2,3)19(34)31-20(30(6)12-14-9-7-13(11-26)8-10-14)27-17(28-31)16-15(22(23,24)25)18(33)32(16)37(35,36)29(4)5/h7-10,15-16H,11-12,26H2,1-6H3. The van der Waals surface area contributed by atoms with Gasteiger partial charge in [0.1, 0.15) is 6.04 Å². The van der Waals surface area contributed by atoms with Crippen LogP contribution in [0.15, 0.2) is 24.3 Å². The van der Waals surface area contributed by atoms with Crippen molar-refractivity contribution in [3.8, 4) is 0 Å². The van der Waals surface area contributed by atoms with E-state index in [1.807, 2.05) is 24.3 Å². The predicted molar refractivity (Wildman–Crippen MR) is 128 cm³/mol. The molecule has 11 nitrogen and oxygen atoms in total. The number of carbonyl (C=O) groups is 2. The Morgan fingerprint density at radius 3 is 2.08 bits per heavy atom. The molecule has 37 heavy (non-hydrogen) atoms. The molecule has 0 aliphatic carbocycles. The molecule has 1 aromatic carbocycles. The number of amides is 1. The summed E-state index contributed by atoms with van der Waals surface area (Å²) in [4.78, 5) is 31.3. The van der Waals surface area contributed by atoms with E-state index in [0.29, 0.717) is 10.8 Å². The molecule has 1 saturated heterocycles. The van der Waals surface area contributed by atoms with Crippen LogP contribution in [-0.2, 0) is 28.1 Å². The highest BCUT2D eigenvalue weighted by Crippen LogP contribution is 2.50. The minimum absolute atomic E-state index is 0.0969. The molecule has 0 radical (unpaired) electrons. The Bertz CT molecular complexity index is 1280. The lowest BCUT2D eigenvalue weighted by Crippen LogP contribution is -2.64. The van der Waals surface area contributed by atoms with Crippen LogP contribution < -0.4 is 10.6 Å². The van der Waals surface area contributed by atoms with Gasteiger partial charge in [-0.3, -0.25) is 9.59 Å². The quantitative estimate of drug-likeness (QED) is 0.522. The highest BCUT2D eigenvalue weighted by Gasteiger charge is 2.67. The van der Waals surface area contributed by atoms with Gasteiger partial charge >= 0.3 is 16.4 Å². The number of nitrogens with two attached hydrogens (primary N) is 1. The fraction of sp³-hybridized carbons (Fsp3) is 0.545. The van der Waals surface area contributed by atoms with E-state index in [2.05, 4.69) is 10.1 Å². The van der Waals surface area contributed by atoms with E-state index < -0.39 is 51.4 Å². The van der Waals surface area contributed by atoms with Gasteiger partial charge in [0, 0.05) is 39.6 Å². The van der Waals surface area contributed by atoms with Gasteiger partial charge in [-0.05, 0) is 11.1 Å². The Morgan fingerprint density at radius 2 is 1.62 bits per heavy atom. The Balaban J connectivity index is 2.12.